The van der Waals surface area contributed by atoms with Gasteiger partial charge in [-0.3, -0.25) is 9.69 Å². The first-order chi connectivity index (χ1) is 9.70. The summed E-state index contributed by atoms with van der Waals surface area (Å²) in [6, 6.07) is 7.88. The molecule has 1 aliphatic rings. The van der Waals surface area contributed by atoms with Crippen LogP contribution in [0.1, 0.15) is 24.6 Å². The second-order valence-corrected chi connectivity index (χ2v) is 5.37. The summed E-state index contributed by atoms with van der Waals surface area (Å²) >= 11 is 0. The molecule has 0 aliphatic carbocycles. The maximum atomic E-state index is 12.0. The number of nitrogens with zero attached hydrogens (tertiary/aromatic N) is 1. The van der Waals surface area contributed by atoms with E-state index in [1.807, 2.05) is 25.1 Å². The van der Waals surface area contributed by atoms with Gasteiger partial charge in [0.05, 0.1) is 0 Å². The first-order valence-corrected chi connectivity index (χ1v) is 7.24. The van der Waals surface area contributed by atoms with Crippen LogP contribution in [-0.2, 0) is 0 Å². The van der Waals surface area contributed by atoms with Gasteiger partial charge >= 0.3 is 0 Å². The van der Waals surface area contributed by atoms with Crippen LogP contribution >= 0.6 is 0 Å². The van der Waals surface area contributed by atoms with Crippen LogP contribution in [0.2, 0.25) is 0 Å². The number of nitrogens with one attached hydrogen (secondary N) is 1. The van der Waals surface area contributed by atoms with Crippen molar-refractivity contribution in [2.24, 2.45) is 0 Å². The van der Waals surface area contributed by atoms with Crippen LogP contribution in [0.4, 0.5) is 0 Å². The number of aryl methyl sites for hydroxylation is 1. The molecule has 3 rings (SSSR count). The molecule has 0 radical (unpaired) electrons. The third kappa shape index (κ3) is 2.18. The van der Waals surface area contributed by atoms with Gasteiger partial charge in [-0.2, -0.15) is 0 Å². The van der Waals surface area contributed by atoms with Gasteiger partial charge in [0.25, 0.3) is 5.56 Å². The van der Waals surface area contributed by atoms with E-state index in [1.165, 1.54) is 11.1 Å². The third-order valence-electron chi connectivity index (χ3n) is 4.18. The van der Waals surface area contributed by atoms with E-state index in [2.05, 4.69) is 29.0 Å². The van der Waals surface area contributed by atoms with Gasteiger partial charge < -0.3 is 4.98 Å². The van der Waals surface area contributed by atoms with Gasteiger partial charge in [0.2, 0.25) is 0 Å². The van der Waals surface area contributed by atoms with E-state index in [1.54, 1.807) is 0 Å². The van der Waals surface area contributed by atoms with E-state index in [-0.39, 0.29) is 5.56 Å². The van der Waals surface area contributed by atoms with Crippen molar-refractivity contribution >= 4 is 16.3 Å². The molecule has 20 heavy (non-hydrogen) atoms. The zero-order chi connectivity index (χ0) is 14.1. The Kier molecular flexibility index (Phi) is 3.45. The number of benzene rings is 1. The Morgan fingerprint density at radius 2 is 2.00 bits per heavy atom. The lowest BCUT2D eigenvalue weighted by Crippen LogP contribution is -2.28. The molecule has 0 bridgehead atoms. The minimum atomic E-state index is 0.00782. The minimum absolute atomic E-state index is 0.00782. The highest BCUT2D eigenvalue weighted by molar-refractivity contribution is 5.94. The topological polar surface area (TPSA) is 36.1 Å². The average molecular weight is 268 g/mol. The van der Waals surface area contributed by atoms with Gasteiger partial charge in [-0.1, -0.05) is 31.2 Å². The lowest BCUT2D eigenvalue weighted by Gasteiger charge is -2.26. The number of rotatable bonds is 2. The largest absolute Gasteiger partial charge is 0.325 e. The van der Waals surface area contributed by atoms with E-state index in [0.717, 1.165) is 42.5 Å². The highest BCUT2D eigenvalue weighted by Gasteiger charge is 2.16. The van der Waals surface area contributed by atoms with Crippen molar-refractivity contribution in [3.8, 4) is 0 Å². The monoisotopic (exact) mass is 268 g/mol. The highest BCUT2D eigenvalue weighted by Crippen LogP contribution is 2.29. The predicted octanol–water partition coefficient (Wildman–Crippen LogP) is 2.95. The van der Waals surface area contributed by atoms with Crippen molar-refractivity contribution in [2.75, 3.05) is 19.6 Å². The molecule has 0 saturated carbocycles. The second-order valence-electron chi connectivity index (χ2n) is 5.37. The van der Waals surface area contributed by atoms with Crippen LogP contribution in [0.25, 0.3) is 16.3 Å². The average Bonchev–Trinajstić information content (AvgIpc) is 2.48. The van der Waals surface area contributed by atoms with E-state index in [0.29, 0.717) is 0 Å². The zero-order valence-electron chi connectivity index (χ0n) is 12.1. The number of aromatic amines is 1. The molecule has 1 aromatic carbocycles. The summed E-state index contributed by atoms with van der Waals surface area (Å²) in [5.41, 5.74) is 3.56. The quantitative estimate of drug-likeness (QED) is 0.909. The number of H-pyrrole nitrogens is 1. The Hall–Kier alpha value is -1.87. The molecule has 1 N–H and O–H groups in total. The molecule has 1 aliphatic heterocycles. The highest BCUT2D eigenvalue weighted by atomic mass is 16.1. The molecule has 3 heteroatoms. The molecular weight excluding hydrogens is 248 g/mol. The molecule has 0 unspecified atom stereocenters. The summed E-state index contributed by atoms with van der Waals surface area (Å²) in [5.74, 6) is 0. The van der Waals surface area contributed by atoms with Gasteiger partial charge in [-0.05, 0) is 36.9 Å². The summed E-state index contributed by atoms with van der Waals surface area (Å²) in [6.07, 6.45) is 3.35. The second kappa shape index (κ2) is 5.25. The summed E-state index contributed by atoms with van der Waals surface area (Å²) in [4.78, 5) is 17.5. The Morgan fingerprint density at radius 3 is 2.65 bits per heavy atom. The van der Waals surface area contributed by atoms with Gasteiger partial charge in [-0.25, -0.2) is 0 Å². The molecule has 0 atom stereocenters. The Balaban J connectivity index is 2.17. The normalized spacial score (nSPS) is 16.4. The molecule has 0 amide bonds. The molecule has 1 aromatic heterocycles. The number of pyridine rings is 1. The number of aromatic nitrogens is 1. The van der Waals surface area contributed by atoms with Crippen molar-refractivity contribution in [3.63, 3.8) is 0 Å². The summed E-state index contributed by atoms with van der Waals surface area (Å²) in [5, 5.41) is 1.86. The van der Waals surface area contributed by atoms with Crippen LogP contribution in [0.3, 0.4) is 0 Å². The van der Waals surface area contributed by atoms with Crippen molar-refractivity contribution in [1.82, 2.24) is 9.88 Å². The first kappa shape index (κ1) is 13.1. The maximum absolute atomic E-state index is 12.0. The Bertz CT molecular complexity index is 727. The third-order valence-corrected chi connectivity index (χ3v) is 4.18. The molecule has 104 valence electrons. The molecule has 3 nitrogen and oxygen atoms in total. The summed E-state index contributed by atoms with van der Waals surface area (Å²) < 4.78 is 0. The number of likely N-dealkylation sites (N-methyl/N-ethyl adjacent to an activating group) is 1. The fourth-order valence-corrected chi connectivity index (χ4v) is 3.04. The van der Waals surface area contributed by atoms with Crippen molar-refractivity contribution in [3.05, 3.63) is 52.0 Å². The van der Waals surface area contributed by atoms with Gasteiger partial charge in [0.15, 0.2) is 0 Å². The molecule has 0 spiro atoms. The van der Waals surface area contributed by atoms with Crippen molar-refractivity contribution in [2.45, 2.75) is 20.3 Å². The van der Waals surface area contributed by atoms with Crippen molar-refractivity contribution in [1.29, 1.82) is 0 Å². The standard InChI is InChI=1S/C17H20N2O/c1-3-19-10-8-13(9-11-19)16-12(2)18-17(20)15-7-5-4-6-14(15)16/h4-8H,3,9-11H2,1-2H3,(H,18,20). The van der Waals surface area contributed by atoms with Crippen molar-refractivity contribution < 1.29 is 0 Å². The molecule has 0 fully saturated rings. The predicted molar refractivity (Wildman–Crippen MR) is 84.0 cm³/mol. The SMILES string of the molecule is CCN1CC=C(c2c(C)[nH]c(=O)c3ccccc23)CC1. The van der Waals surface area contributed by atoms with E-state index >= 15 is 0 Å². The number of hydrogen-bond acceptors (Lipinski definition) is 2. The summed E-state index contributed by atoms with van der Waals surface area (Å²) in [6.45, 7) is 7.37. The Morgan fingerprint density at radius 1 is 1.25 bits per heavy atom. The molecule has 0 saturated heterocycles. The Labute approximate surface area is 118 Å². The van der Waals surface area contributed by atoms with Crippen LogP contribution in [0.15, 0.2) is 35.1 Å². The number of hydrogen-bond donors (Lipinski definition) is 1. The molecule has 2 aromatic rings. The van der Waals surface area contributed by atoms with Crippen LogP contribution < -0.4 is 5.56 Å². The smallest absolute Gasteiger partial charge is 0.256 e. The number of fused-ring (bicyclic) bond motifs is 1. The van der Waals surface area contributed by atoms with E-state index in [9.17, 15) is 4.79 Å². The zero-order valence-corrected chi connectivity index (χ0v) is 12.1. The fraction of sp³-hybridized carbons (Fsp3) is 0.353. The van der Waals surface area contributed by atoms with Gasteiger partial charge in [0.1, 0.15) is 0 Å². The van der Waals surface area contributed by atoms with E-state index in [4.69, 9.17) is 0 Å². The molecular formula is C17H20N2O. The van der Waals surface area contributed by atoms with Crippen LogP contribution in [0.5, 0.6) is 0 Å². The maximum Gasteiger partial charge on any atom is 0.256 e. The fourth-order valence-electron chi connectivity index (χ4n) is 3.04. The summed E-state index contributed by atoms with van der Waals surface area (Å²) in [7, 11) is 0. The lowest BCUT2D eigenvalue weighted by molar-refractivity contribution is 0.319. The van der Waals surface area contributed by atoms with Crippen LogP contribution in [0, 0.1) is 6.92 Å². The van der Waals surface area contributed by atoms with Gasteiger partial charge in [0, 0.05) is 29.7 Å². The molecule has 2 heterocycles. The van der Waals surface area contributed by atoms with Crippen LogP contribution in [-0.4, -0.2) is 29.5 Å². The van der Waals surface area contributed by atoms with Gasteiger partial charge in [-0.15, -0.1) is 0 Å². The van der Waals surface area contributed by atoms with E-state index < -0.39 is 0 Å². The first-order valence-electron chi connectivity index (χ1n) is 7.24. The lowest BCUT2D eigenvalue weighted by atomic mass is 9.93. The minimum Gasteiger partial charge on any atom is -0.325 e.